The fraction of sp³-hybridized carbons (Fsp3) is 0.375. The summed E-state index contributed by atoms with van der Waals surface area (Å²) in [5, 5.41) is 26.2. The largest absolute Gasteiger partial charge is 0.389 e. The van der Waals surface area contributed by atoms with Crippen LogP contribution >= 0.6 is 23.2 Å². The van der Waals surface area contributed by atoms with Crippen LogP contribution in [0.4, 0.5) is 0 Å². The van der Waals surface area contributed by atoms with E-state index in [9.17, 15) is 10.2 Å². The van der Waals surface area contributed by atoms with Crippen LogP contribution in [0.25, 0.3) is 11.0 Å². The number of H-pyrrole nitrogens is 1. The van der Waals surface area contributed by atoms with Gasteiger partial charge in [-0.2, -0.15) is 5.10 Å². The number of aliphatic hydroxyl groups excluding tert-OH is 2. The number of nitrogens with zero attached hydrogens (tertiary/aromatic N) is 3. The van der Waals surface area contributed by atoms with Gasteiger partial charge in [0.25, 0.3) is 0 Å². The van der Waals surface area contributed by atoms with E-state index in [1.54, 1.807) is 0 Å². The highest BCUT2D eigenvalue weighted by Gasteiger charge is 2.23. The number of halogens is 2. The maximum Gasteiger partial charge on any atom is 0.185 e. The zero-order valence-corrected chi connectivity index (χ0v) is 9.44. The highest BCUT2D eigenvalue weighted by molar-refractivity contribution is 6.34. The number of aromatic amines is 1. The molecular weight excluding hydrogens is 255 g/mol. The molecule has 8 heteroatoms. The zero-order valence-electron chi connectivity index (χ0n) is 7.93. The van der Waals surface area contributed by atoms with E-state index in [0.29, 0.717) is 11.0 Å². The highest BCUT2D eigenvalue weighted by atomic mass is 35.5. The molecule has 16 heavy (non-hydrogen) atoms. The van der Waals surface area contributed by atoms with Crippen molar-refractivity contribution in [1.29, 1.82) is 0 Å². The molecule has 0 aromatic carbocycles. The van der Waals surface area contributed by atoms with Crippen LogP contribution < -0.4 is 0 Å². The quantitative estimate of drug-likeness (QED) is 0.558. The first-order valence-corrected chi connectivity index (χ1v) is 5.33. The second kappa shape index (κ2) is 4.50. The number of rotatable bonds is 3. The molecule has 2 unspecified atom stereocenters. The van der Waals surface area contributed by atoms with Crippen molar-refractivity contribution in [1.82, 2.24) is 20.2 Å². The highest BCUT2D eigenvalue weighted by Crippen LogP contribution is 2.27. The summed E-state index contributed by atoms with van der Waals surface area (Å²) in [7, 11) is 0. The van der Waals surface area contributed by atoms with Crippen molar-refractivity contribution in [2.75, 3.05) is 5.88 Å². The van der Waals surface area contributed by atoms with Gasteiger partial charge in [0.05, 0.1) is 23.1 Å². The third kappa shape index (κ3) is 1.84. The smallest absolute Gasteiger partial charge is 0.185 e. The molecule has 3 N–H and O–H groups in total. The average Bonchev–Trinajstić information content (AvgIpc) is 2.72. The molecule has 0 fully saturated rings. The maximum atomic E-state index is 9.78. The third-order valence-electron chi connectivity index (χ3n) is 2.15. The Labute approximate surface area is 100 Å². The summed E-state index contributed by atoms with van der Waals surface area (Å²) in [4.78, 5) is 7.64. The summed E-state index contributed by atoms with van der Waals surface area (Å²) < 4.78 is 0. The number of hydrogen-bond acceptors (Lipinski definition) is 5. The summed E-state index contributed by atoms with van der Waals surface area (Å²) in [6.45, 7) is 0. The van der Waals surface area contributed by atoms with Gasteiger partial charge in [0, 0.05) is 0 Å². The minimum Gasteiger partial charge on any atom is -0.389 e. The Bertz CT molecular complexity index is 504. The molecule has 6 nitrogen and oxygen atoms in total. The second-order valence-electron chi connectivity index (χ2n) is 3.17. The molecule has 86 valence electrons. The number of hydrogen-bond donors (Lipinski definition) is 3. The van der Waals surface area contributed by atoms with Crippen LogP contribution in [0.5, 0.6) is 0 Å². The Morgan fingerprint density at radius 1 is 1.38 bits per heavy atom. The summed E-state index contributed by atoms with van der Waals surface area (Å²) in [6.07, 6.45) is -1.05. The number of aliphatic hydroxyl groups is 2. The molecule has 2 heterocycles. The Kier molecular flexibility index (Phi) is 3.25. The summed E-state index contributed by atoms with van der Waals surface area (Å²) >= 11 is 11.3. The van der Waals surface area contributed by atoms with E-state index < -0.39 is 12.2 Å². The first kappa shape index (κ1) is 11.5. The van der Waals surface area contributed by atoms with Crippen molar-refractivity contribution in [2.24, 2.45) is 0 Å². The monoisotopic (exact) mass is 262 g/mol. The topological polar surface area (TPSA) is 94.9 Å². The van der Waals surface area contributed by atoms with Crippen LogP contribution in [0.15, 0.2) is 6.33 Å². The molecular formula is C8H8Cl2N4O2. The Morgan fingerprint density at radius 3 is 2.81 bits per heavy atom. The molecule has 2 rings (SSSR count). The van der Waals surface area contributed by atoms with Crippen LogP contribution in [0.1, 0.15) is 11.8 Å². The first-order valence-electron chi connectivity index (χ1n) is 4.41. The molecule has 0 spiro atoms. The zero-order chi connectivity index (χ0) is 11.7. The molecule has 0 amide bonds. The molecule has 0 radical (unpaired) electrons. The normalized spacial score (nSPS) is 15.2. The van der Waals surface area contributed by atoms with Gasteiger partial charge in [-0.1, -0.05) is 11.6 Å². The van der Waals surface area contributed by atoms with Crippen LogP contribution in [-0.4, -0.2) is 42.4 Å². The number of aromatic nitrogens is 4. The summed E-state index contributed by atoms with van der Waals surface area (Å²) in [5.74, 6) is -0.104. The lowest BCUT2D eigenvalue weighted by Crippen LogP contribution is -2.20. The molecule has 2 aromatic heterocycles. The van der Waals surface area contributed by atoms with Crippen LogP contribution in [-0.2, 0) is 0 Å². The average molecular weight is 263 g/mol. The van der Waals surface area contributed by atoms with Crippen molar-refractivity contribution in [3.63, 3.8) is 0 Å². The van der Waals surface area contributed by atoms with E-state index in [1.165, 1.54) is 6.33 Å². The van der Waals surface area contributed by atoms with Crippen molar-refractivity contribution >= 4 is 34.2 Å². The van der Waals surface area contributed by atoms with Gasteiger partial charge in [-0.05, 0) is 0 Å². The Hall–Kier alpha value is -0.950. The van der Waals surface area contributed by atoms with Gasteiger partial charge in [-0.3, -0.25) is 5.10 Å². The van der Waals surface area contributed by atoms with E-state index in [0.717, 1.165) is 0 Å². The van der Waals surface area contributed by atoms with E-state index in [2.05, 4.69) is 20.2 Å². The van der Waals surface area contributed by atoms with Crippen molar-refractivity contribution in [3.05, 3.63) is 17.2 Å². The van der Waals surface area contributed by atoms with Gasteiger partial charge in [0.1, 0.15) is 17.6 Å². The van der Waals surface area contributed by atoms with Gasteiger partial charge in [-0.25, -0.2) is 9.97 Å². The lowest BCUT2D eigenvalue weighted by molar-refractivity contribution is 0.0308. The van der Waals surface area contributed by atoms with Gasteiger partial charge >= 0.3 is 0 Å². The van der Waals surface area contributed by atoms with E-state index in [1.807, 2.05) is 0 Å². The number of alkyl halides is 1. The van der Waals surface area contributed by atoms with E-state index in [4.69, 9.17) is 23.2 Å². The molecule has 0 aliphatic heterocycles. The minimum atomic E-state index is -1.20. The fourth-order valence-corrected chi connectivity index (χ4v) is 1.73. The maximum absolute atomic E-state index is 9.78. The molecule has 0 saturated carbocycles. The molecule has 2 aromatic rings. The van der Waals surface area contributed by atoms with Crippen molar-refractivity contribution < 1.29 is 10.2 Å². The first-order chi connectivity index (χ1) is 7.65. The molecule has 0 bridgehead atoms. The molecule has 0 saturated heterocycles. The standard InChI is InChI=1S/C8H8Cl2N4O2/c9-1-3(15)6(16)5-4-7(10)11-2-12-8(4)14-13-5/h2-3,6,15-16H,1H2,(H,11,12,13,14). The molecule has 0 aliphatic rings. The van der Waals surface area contributed by atoms with Gasteiger partial charge in [0.15, 0.2) is 5.65 Å². The number of fused-ring (bicyclic) bond motifs is 1. The Morgan fingerprint density at radius 2 is 2.12 bits per heavy atom. The second-order valence-corrected chi connectivity index (χ2v) is 3.83. The van der Waals surface area contributed by atoms with Gasteiger partial charge in [-0.15, -0.1) is 11.6 Å². The van der Waals surface area contributed by atoms with Crippen molar-refractivity contribution in [3.8, 4) is 0 Å². The Balaban J connectivity index is 2.53. The predicted molar refractivity (Wildman–Crippen MR) is 58.4 cm³/mol. The molecule has 2 atom stereocenters. The summed E-state index contributed by atoms with van der Waals surface area (Å²) in [6, 6.07) is 0. The lowest BCUT2D eigenvalue weighted by Gasteiger charge is -2.13. The lowest BCUT2D eigenvalue weighted by atomic mass is 10.1. The SMILES string of the molecule is OC(CCl)C(O)c1[nH]nc2ncnc(Cl)c12. The minimum absolute atomic E-state index is 0.104. The third-order valence-corrected chi connectivity index (χ3v) is 2.75. The summed E-state index contributed by atoms with van der Waals surface area (Å²) in [5.41, 5.74) is 0.588. The van der Waals surface area contributed by atoms with Crippen LogP contribution in [0.3, 0.4) is 0 Å². The molecule has 0 aliphatic carbocycles. The number of nitrogens with one attached hydrogen (secondary N) is 1. The van der Waals surface area contributed by atoms with Crippen LogP contribution in [0, 0.1) is 0 Å². The van der Waals surface area contributed by atoms with E-state index in [-0.39, 0.29) is 16.7 Å². The van der Waals surface area contributed by atoms with E-state index >= 15 is 0 Å². The van der Waals surface area contributed by atoms with Gasteiger partial charge < -0.3 is 10.2 Å². The fourth-order valence-electron chi connectivity index (χ4n) is 1.33. The van der Waals surface area contributed by atoms with Crippen LogP contribution in [0.2, 0.25) is 5.15 Å². The van der Waals surface area contributed by atoms with Gasteiger partial charge in [0.2, 0.25) is 0 Å². The van der Waals surface area contributed by atoms with Crippen molar-refractivity contribution in [2.45, 2.75) is 12.2 Å². The predicted octanol–water partition coefficient (Wildman–Crippen LogP) is 0.639.